The Morgan fingerprint density at radius 1 is 1.25 bits per heavy atom. The SMILES string of the molecule is CC.O[SiH3]. The van der Waals surface area contributed by atoms with E-state index < -0.39 is 0 Å². The van der Waals surface area contributed by atoms with Gasteiger partial charge < -0.3 is 4.80 Å². The summed E-state index contributed by atoms with van der Waals surface area (Å²) >= 11 is 0. The highest BCUT2D eigenvalue weighted by atomic mass is 28.2. The summed E-state index contributed by atoms with van der Waals surface area (Å²) in [4.78, 5) is 7.14. The zero-order chi connectivity index (χ0) is 4.00. The van der Waals surface area contributed by atoms with Crippen LogP contribution in [0, 0.1) is 0 Å². The van der Waals surface area contributed by atoms with Crippen molar-refractivity contribution in [3.8, 4) is 0 Å². The van der Waals surface area contributed by atoms with E-state index in [0.717, 1.165) is 0 Å². The Hall–Kier alpha value is 0.177. The van der Waals surface area contributed by atoms with E-state index in [9.17, 15) is 0 Å². The van der Waals surface area contributed by atoms with Crippen molar-refractivity contribution in [2.75, 3.05) is 0 Å². The third kappa shape index (κ3) is 96.4. The quantitative estimate of drug-likeness (QED) is 0.379. The molecule has 0 bridgehead atoms. The normalized spacial score (nSPS) is 3.75. The molecule has 0 aliphatic carbocycles. The highest BCUT2D eigenvalue weighted by Gasteiger charge is 0.932. The average molecular weight is 78.2 g/mol. The first-order valence-electron chi connectivity index (χ1n) is 1.45. The second kappa shape index (κ2) is 481. The van der Waals surface area contributed by atoms with Crippen LogP contribution >= 0.6 is 0 Å². The molecule has 4 heavy (non-hydrogen) atoms. The van der Waals surface area contributed by atoms with Gasteiger partial charge in [-0.3, -0.25) is 0 Å². The van der Waals surface area contributed by atoms with Gasteiger partial charge in [-0.15, -0.1) is 0 Å². The van der Waals surface area contributed by atoms with E-state index >= 15 is 0 Å². The molecule has 0 saturated heterocycles. The Morgan fingerprint density at radius 3 is 1.25 bits per heavy atom. The van der Waals surface area contributed by atoms with Crippen LogP contribution in [-0.4, -0.2) is 15.3 Å². The largest absolute Gasteiger partial charge is 0.442 e. The lowest BCUT2D eigenvalue weighted by molar-refractivity contribution is 0.629. The van der Waals surface area contributed by atoms with Crippen LogP contribution in [-0.2, 0) is 0 Å². The van der Waals surface area contributed by atoms with Crippen LogP contribution < -0.4 is 0 Å². The number of hydrogen-bond acceptors (Lipinski definition) is 1. The van der Waals surface area contributed by atoms with E-state index in [1.54, 1.807) is 0 Å². The fourth-order valence-electron chi connectivity index (χ4n) is 0. The third-order valence-corrected chi connectivity index (χ3v) is 0. The smallest absolute Gasteiger partial charge is 0.141 e. The van der Waals surface area contributed by atoms with Crippen LogP contribution in [0.1, 0.15) is 13.8 Å². The molecule has 0 radical (unpaired) electrons. The van der Waals surface area contributed by atoms with E-state index in [2.05, 4.69) is 0 Å². The van der Waals surface area contributed by atoms with Crippen molar-refractivity contribution in [2.24, 2.45) is 0 Å². The molecule has 0 atom stereocenters. The molecule has 28 valence electrons. The molecule has 0 aromatic heterocycles. The van der Waals surface area contributed by atoms with E-state index in [4.69, 9.17) is 4.80 Å². The summed E-state index contributed by atoms with van der Waals surface area (Å²) in [6, 6.07) is 0. The molecule has 0 spiro atoms. The first kappa shape index (κ1) is 8.90. The summed E-state index contributed by atoms with van der Waals surface area (Å²) in [6.45, 7) is 4.00. The van der Waals surface area contributed by atoms with Gasteiger partial charge in [0.05, 0.1) is 0 Å². The van der Waals surface area contributed by atoms with Gasteiger partial charge in [0.1, 0.15) is 10.5 Å². The Morgan fingerprint density at radius 2 is 1.25 bits per heavy atom. The first-order chi connectivity index (χ1) is 2.00. The van der Waals surface area contributed by atoms with Crippen LogP contribution in [0.4, 0.5) is 0 Å². The lowest BCUT2D eigenvalue weighted by Crippen LogP contribution is -1.34. The van der Waals surface area contributed by atoms with Crippen molar-refractivity contribution in [3.05, 3.63) is 0 Å². The van der Waals surface area contributed by atoms with Crippen LogP contribution in [0.15, 0.2) is 0 Å². The fraction of sp³-hybridized carbons (Fsp3) is 1.00. The standard InChI is InChI=1S/C2H6.H4OSi/c2*1-2/h1-2H3;1H,2H3. The zero-order valence-corrected chi connectivity index (χ0v) is 5.45. The minimum atomic E-state index is 0.306. The van der Waals surface area contributed by atoms with Crippen molar-refractivity contribution < 1.29 is 4.80 Å². The summed E-state index contributed by atoms with van der Waals surface area (Å²) in [5.74, 6) is 0. The third-order valence-electron chi connectivity index (χ3n) is 0. The van der Waals surface area contributed by atoms with Crippen LogP contribution in [0.2, 0.25) is 0 Å². The summed E-state index contributed by atoms with van der Waals surface area (Å²) in [5, 5.41) is 0. The predicted molar refractivity (Wildman–Crippen MR) is 23.5 cm³/mol. The monoisotopic (exact) mass is 78.1 g/mol. The Bertz CT molecular complexity index is 6.00. The summed E-state index contributed by atoms with van der Waals surface area (Å²) in [6.07, 6.45) is 0. The van der Waals surface area contributed by atoms with Gasteiger partial charge in [0.15, 0.2) is 0 Å². The van der Waals surface area contributed by atoms with E-state index in [1.165, 1.54) is 0 Å². The molecule has 1 N–H and O–H groups in total. The number of hydrogen-bond donors (Lipinski definition) is 1. The van der Waals surface area contributed by atoms with Crippen molar-refractivity contribution in [1.29, 1.82) is 0 Å². The van der Waals surface area contributed by atoms with Crippen molar-refractivity contribution in [1.82, 2.24) is 0 Å². The fourth-order valence-corrected chi connectivity index (χ4v) is 0. The molecule has 0 aromatic carbocycles. The highest BCUT2D eigenvalue weighted by molar-refractivity contribution is 5.95. The van der Waals surface area contributed by atoms with Crippen LogP contribution in [0.5, 0.6) is 0 Å². The van der Waals surface area contributed by atoms with Gasteiger partial charge in [0.2, 0.25) is 0 Å². The predicted octanol–water partition coefficient (Wildman–Crippen LogP) is -0.715. The van der Waals surface area contributed by atoms with E-state index in [-0.39, 0.29) is 0 Å². The van der Waals surface area contributed by atoms with Crippen molar-refractivity contribution >= 4 is 10.5 Å². The van der Waals surface area contributed by atoms with Gasteiger partial charge in [-0.2, -0.15) is 0 Å². The van der Waals surface area contributed by atoms with Gasteiger partial charge in [-0.25, -0.2) is 0 Å². The molecule has 0 rings (SSSR count). The topological polar surface area (TPSA) is 20.2 Å². The lowest BCUT2D eigenvalue weighted by Gasteiger charge is -1.19. The van der Waals surface area contributed by atoms with Gasteiger partial charge in [0.25, 0.3) is 0 Å². The molecular formula is C2H10OSi. The summed E-state index contributed by atoms with van der Waals surface area (Å²) < 4.78 is 0. The Balaban J connectivity index is 0. The molecule has 0 heterocycles. The molecule has 0 unspecified atom stereocenters. The van der Waals surface area contributed by atoms with Crippen molar-refractivity contribution in [2.45, 2.75) is 13.8 Å². The maximum atomic E-state index is 7.14. The second-order valence-corrected chi connectivity index (χ2v) is 0. The minimum absolute atomic E-state index is 0.306. The maximum absolute atomic E-state index is 7.14. The first-order valence-corrected chi connectivity index (χ1v) is 2.34. The number of rotatable bonds is 0. The van der Waals surface area contributed by atoms with Gasteiger partial charge in [-0.05, 0) is 0 Å². The molecule has 0 aliphatic heterocycles. The van der Waals surface area contributed by atoms with Crippen molar-refractivity contribution in [3.63, 3.8) is 0 Å². The molecular weight excluding hydrogens is 68.1 g/mol. The molecule has 0 aliphatic rings. The molecule has 0 fully saturated rings. The van der Waals surface area contributed by atoms with Gasteiger partial charge in [0, 0.05) is 0 Å². The average Bonchev–Trinajstić information content (AvgIpc) is 1.50. The lowest BCUT2D eigenvalue weighted by atomic mass is 11.0. The molecule has 1 nitrogen and oxygen atoms in total. The summed E-state index contributed by atoms with van der Waals surface area (Å²) in [7, 11) is 0.306. The second-order valence-electron chi connectivity index (χ2n) is 0. The Labute approximate surface area is 30.2 Å². The van der Waals surface area contributed by atoms with Crippen LogP contribution in [0.3, 0.4) is 0 Å². The molecule has 0 amide bonds. The molecule has 0 aromatic rings. The van der Waals surface area contributed by atoms with E-state index in [0.29, 0.717) is 10.5 Å². The van der Waals surface area contributed by atoms with E-state index in [1.807, 2.05) is 13.8 Å². The van der Waals surface area contributed by atoms with Gasteiger partial charge in [-0.1, -0.05) is 13.8 Å². The van der Waals surface area contributed by atoms with Gasteiger partial charge >= 0.3 is 0 Å². The minimum Gasteiger partial charge on any atom is -0.442 e. The molecule has 2 heteroatoms. The molecule has 0 saturated carbocycles. The van der Waals surface area contributed by atoms with Crippen LogP contribution in [0.25, 0.3) is 0 Å². The zero-order valence-electron chi connectivity index (χ0n) is 3.45. The highest BCUT2D eigenvalue weighted by Crippen LogP contribution is 1.14. The Kier molecular flexibility index (Phi) is 1070. The maximum Gasteiger partial charge on any atom is 0.141 e. The summed E-state index contributed by atoms with van der Waals surface area (Å²) in [5.41, 5.74) is 0.